The zero-order valence-electron chi connectivity index (χ0n) is 14.5. The van der Waals surface area contributed by atoms with Gasteiger partial charge in [0.2, 0.25) is 0 Å². The molecule has 0 bridgehead atoms. The Morgan fingerprint density at radius 2 is 2.00 bits per heavy atom. The van der Waals surface area contributed by atoms with Crippen molar-refractivity contribution in [2.24, 2.45) is 0 Å². The monoisotopic (exact) mass is 390 g/mol. The van der Waals surface area contributed by atoms with Gasteiger partial charge in [-0.05, 0) is 31.2 Å². The van der Waals surface area contributed by atoms with Crippen LogP contribution in [0.15, 0.2) is 48.9 Å². The van der Waals surface area contributed by atoms with E-state index < -0.39 is 23.7 Å². The van der Waals surface area contributed by atoms with Crippen LogP contribution in [0.1, 0.15) is 17.3 Å². The highest BCUT2D eigenvalue weighted by Gasteiger charge is 2.24. The van der Waals surface area contributed by atoms with Gasteiger partial charge in [-0.25, -0.2) is 13.9 Å². The summed E-state index contributed by atoms with van der Waals surface area (Å²) in [6.07, 6.45) is 4.75. The minimum atomic E-state index is -0.846. The van der Waals surface area contributed by atoms with Crippen molar-refractivity contribution in [1.82, 2.24) is 19.7 Å². The fraction of sp³-hybridized carbons (Fsp3) is 0.167. The van der Waals surface area contributed by atoms with E-state index in [0.29, 0.717) is 5.82 Å². The summed E-state index contributed by atoms with van der Waals surface area (Å²) in [6, 6.07) is 6.55. The summed E-state index contributed by atoms with van der Waals surface area (Å²) in [4.78, 5) is 24.3. The summed E-state index contributed by atoms with van der Waals surface area (Å²) >= 11 is 6.20. The topological polar surface area (TPSA) is 78.2 Å². The molecule has 0 aliphatic carbocycles. The number of nitrogens with one attached hydrogen (secondary N) is 1. The number of halogens is 2. The number of ether oxygens (including phenoxy) is 1. The first-order valence-corrected chi connectivity index (χ1v) is 8.35. The maximum absolute atomic E-state index is 13.7. The van der Waals surface area contributed by atoms with Crippen LogP contribution in [0.4, 0.5) is 4.39 Å². The van der Waals surface area contributed by atoms with Gasteiger partial charge in [0, 0.05) is 18.5 Å². The normalized spacial score (nSPS) is 11.9. The molecule has 1 aromatic carbocycles. The molecule has 2 aromatic heterocycles. The zero-order chi connectivity index (χ0) is 19.6. The predicted octanol–water partition coefficient (Wildman–Crippen LogP) is 2.75. The largest absolute Gasteiger partial charge is 0.467 e. The number of nitrogens with zero attached hydrogens (tertiary/aromatic N) is 3. The summed E-state index contributed by atoms with van der Waals surface area (Å²) in [5.74, 6) is -1.25. The van der Waals surface area contributed by atoms with E-state index in [0.717, 1.165) is 0 Å². The van der Waals surface area contributed by atoms with Crippen molar-refractivity contribution in [2.45, 2.75) is 13.0 Å². The van der Waals surface area contributed by atoms with Crippen LogP contribution >= 0.6 is 11.6 Å². The molecule has 0 saturated carbocycles. The average molecular weight is 391 g/mol. The molecule has 0 radical (unpaired) electrons. The molecule has 1 N–H and O–H groups in total. The van der Waals surface area contributed by atoms with Crippen molar-refractivity contribution in [1.29, 1.82) is 0 Å². The Bertz CT molecular complexity index is 985. The van der Waals surface area contributed by atoms with E-state index in [1.54, 1.807) is 29.1 Å². The third kappa shape index (κ3) is 3.70. The highest BCUT2D eigenvalue weighted by atomic mass is 35.5. The van der Waals surface area contributed by atoms with Crippen molar-refractivity contribution in [3.05, 3.63) is 65.3 Å². The van der Waals surface area contributed by atoms with E-state index in [1.165, 1.54) is 43.1 Å². The SMILES string of the molecule is COC(=O)[C@@H](C)NC(=O)c1cnn(-c2cc(F)ccc2Cl)c1-n1cccc1. The zero-order valence-corrected chi connectivity index (χ0v) is 15.3. The number of benzene rings is 1. The van der Waals surface area contributed by atoms with E-state index in [1.807, 2.05) is 0 Å². The molecule has 1 amide bonds. The number of amides is 1. The number of carbonyl (C=O) groups excluding carboxylic acids is 2. The lowest BCUT2D eigenvalue weighted by Gasteiger charge is -2.14. The number of hydrogen-bond donors (Lipinski definition) is 1. The predicted molar refractivity (Wildman–Crippen MR) is 96.8 cm³/mol. The maximum Gasteiger partial charge on any atom is 0.328 e. The number of aromatic nitrogens is 3. The molecule has 3 rings (SSSR count). The molecule has 0 saturated heterocycles. The molecule has 0 aliphatic heterocycles. The second kappa shape index (κ2) is 7.63. The molecule has 140 valence electrons. The lowest BCUT2D eigenvalue weighted by Crippen LogP contribution is -2.39. The molecule has 7 nitrogen and oxygen atoms in total. The Balaban J connectivity index is 2.09. The summed E-state index contributed by atoms with van der Waals surface area (Å²) in [5.41, 5.74) is 0.461. The van der Waals surface area contributed by atoms with Crippen molar-refractivity contribution < 1.29 is 18.7 Å². The lowest BCUT2D eigenvalue weighted by molar-refractivity contribution is -0.142. The fourth-order valence-electron chi connectivity index (χ4n) is 2.56. The summed E-state index contributed by atoms with van der Waals surface area (Å²) < 4.78 is 21.4. The number of methoxy groups -OCH3 is 1. The van der Waals surface area contributed by atoms with Gasteiger partial charge in [-0.15, -0.1) is 0 Å². The van der Waals surface area contributed by atoms with Gasteiger partial charge in [0.1, 0.15) is 17.4 Å². The van der Waals surface area contributed by atoms with Gasteiger partial charge < -0.3 is 14.6 Å². The summed E-state index contributed by atoms with van der Waals surface area (Å²) in [6.45, 7) is 1.51. The third-order valence-electron chi connectivity index (χ3n) is 3.88. The van der Waals surface area contributed by atoms with E-state index in [9.17, 15) is 14.0 Å². The van der Waals surface area contributed by atoms with Gasteiger partial charge in [-0.3, -0.25) is 4.79 Å². The quantitative estimate of drug-likeness (QED) is 0.679. The molecular weight excluding hydrogens is 375 g/mol. The van der Waals surface area contributed by atoms with E-state index >= 15 is 0 Å². The van der Waals surface area contributed by atoms with Gasteiger partial charge >= 0.3 is 5.97 Å². The van der Waals surface area contributed by atoms with Crippen LogP contribution in [0.25, 0.3) is 11.5 Å². The van der Waals surface area contributed by atoms with Gasteiger partial charge in [-0.1, -0.05) is 11.6 Å². The van der Waals surface area contributed by atoms with E-state index in [4.69, 9.17) is 11.6 Å². The first kappa shape index (κ1) is 18.7. The van der Waals surface area contributed by atoms with Crippen LogP contribution in [0.2, 0.25) is 5.02 Å². The number of rotatable bonds is 5. The average Bonchev–Trinajstić information content (AvgIpc) is 3.31. The highest BCUT2D eigenvalue weighted by Crippen LogP contribution is 2.26. The molecule has 27 heavy (non-hydrogen) atoms. The van der Waals surface area contributed by atoms with Crippen LogP contribution in [-0.2, 0) is 9.53 Å². The Kier molecular flexibility index (Phi) is 5.27. The number of hydrogen-bond acceptors (Lipinski definition) is 4. The van der Waals surface area contributed by atoms with E-state index in [-0.39, 0.29) is 16.3 Å². The molecule has 3 aromatic rings. The molecule has 9 heteroatoms. The minimum Gasteiger partial charge on any atom is -0.467 e. The highest BCUT2D eigenvalue weighted by molar-refractivity contribution is 6.32. The number of esters is 1. The molecule has 0 aliphatic rings. The van der Waals surface area contributed by atoms with Gasteiger partial charge in [0.25, 0.3) is 5.91 Å². The Hall–Kier alpha value is -3.13. The second-order valence-electron chi connectivity index (χ2n) is 5.70. The molecule has 2 heterocycles. The maximum atomic E-state index is 13.7. The first-order chi connectivity index (χ1) is 12.9. The molecule has 0 unspecified atom stereocenters. The lowest BCUT2D eigenvalue weighted by atomic mass is 10.2. The Labute approximate surface area is 159 Å². The van der Waals surface area contributed by atoms with Crippen LogP contribution in [0.3, 0.4) is 0 Å². The molecule has 0 spiro atoms. The minimum absolute atomic E-state index is 0.183. The van der Waals surface area contributed by atoms with Crippen LogP contribution in [0.5, 0.6) is 0 Å². The Morgan fingerprint density at radius 3 is 2.67 bits per heavy atom. The van der Waals surface area contributed by atoms with Crippen LogP contribution in [-0.4, -0.2) is 39.4 Å². The Morgan fingerprint density at radius 1 is 1.30 bits per heavy atom. The van der Waals surface area contributed by atoms with Crippen molar-refractivity contribution in [2.75, 3.05) is 7.11 Å². The molecule has 0 fully saturated rings. The smallest absolute Gasteiger partial charge is 0.328 e. The van der Waals surface area contributed by atoms with Gasteiger partial charge in [0.05, 0.1) is 24.0 Å². The first-order valence-electron chi connectivity index (χ1n) is 7.98. The van der Waals surface area contributed by atoms with Gasteiger partial charge in [0.15, 0.2) is 5.82 Å². The van der Waals surface area contributed by atoms with Crippen LogP contribution in [0, 0.1) is 5.82 Å². The number of carbonyl (C=O) groups is 2. The second-order valence-corrected chi connectivity index (χ2v) is 6.11. The molecular formula is C18H16ClFN4O3. The van der Waals surface area contributed by atoms with Crippen molar-refractivity contribution in [3.63, 3.8) is 0 Å². The van der Waals surface area contributed by atoms with Crippen molar-refractivity contribution >= 4 is 23.5 Å². The summed E-state index contributed by atoms with van der Waals surface area (Å²) in [7, 11) is 1.24. The standard InChI is InChI=1S/C18H16ClFN4O3/c1-11(18(26)27-2)22-16(25)13-10-21-24(17(13)23-7-3-4-8-23)15-9-12(20)5-6-14(15)19/h3-11H,1-2H3,(H,22,25)/t11-/m1/s1. The fourth-order valence-corrected chi connectivity index (χ4v) is 2.76. The van der Waals surface area contributed by atoms with Gasteiger partial charge in [-0.2, -0.15) is 5.10 Å². The van der Waals surface area contributed by atoms with Crippen LogP contribution < -0.4 is 5.32 Å². The molecule has 1 atom stereocenters. The van der Waals surface area contributed by atoms with E-state index in [2.05, 4.69) is 15.2 Å². The summed E-state index contributed by atoms with van der Waals surface area (Å²) in [5, 5.41) is 7.02. The van der Waals surface area contributed by atoms with Crippen molar-refractivity contribution in [3.8, 4) is 11.5 Å². The third-order valence-corrected chi connectivity index (χ3v) is 4.20.